The lowest BCUT2D eigenvalue weighted by atomic mass is 10.2. The van der Waals surface area contributed by atoms with Crippen molar-refractivity contribution in [3.63, 3.8) is 0 Å². The lowest BCUT2D eigenvalue weighted by Gasteiger charge is -2.04. The summed E-state index contributed by atoms with van der Waals surface area (Å²) in [7, 11) is 1.31. The fraction of sp³-hybridized carbons (Fsp3) is 0.125. The summed E-state index contributed by atoms with van der Waals surface area (Å²) in [4.78, 5) is 11.2. The number of carbonyl (C=O) groups excluding carboxylic acids is 1. The van der Waals surface area contributed by atoms with Crippen LogP contribution in [-0.4, -0.2) is 13.1 Å². The quantitative estimate of drug-likeness (QED) is 0.583. The summed E-state index contributed by atoms with van der Waals surface area (Å²) in [6.45, 7) is 0. The van der Waals surface area contributed by atoms with Crippen LogP contribution in [0.3, 0.4) is 0 Å². The number of halogens is 3. The van der Waals surface area contributed by atoms with Crippen molar-refractivity contribution in [2.45, 2.75) is 0 Å². The zero-order chi connectivity index (χ0) is 10.0. The van der Waals surface area contributed by atoms with Gasteiger partial charge < -0.3 is 4.74 Å². The highest BCUT2D eigenvalue weighted by molar-refractivity contribution is 14.1. The molecule has 0 aliphatic rings. The van der Waals surface area contributed by atoms with E-state index in [1.165, 1.54) is 13.2 Å². The predicted octanol–water partition coefficient (Wildman–Crippen LogP) is 3.38. The van der Waals surface area contributed by atoms with Gasteiger partial charge in [-0.2, -0.15) is 0 Å². The van der Waals surface area contributed by atoms with E-state index in [1.54, 1.807) is 6.07 Å². The van der Waals surface area contributed by atoms with Gasteiger partial charge in [-0.25, -0.2) is 4.79 Å². The van der Waals surface area contributed by atoms with Crippen LogP contribution in [-0.2, 0) is 4.74 Å². The molecular formula is C8H5Cl2IO2. The molecule has 0 atom stereocenters. The highest BCUT2D eigenvalue weighted by Crippen LogP contribution is 2.26. The SMILES string of the molecule is COC(=O)c1c(Cl)cc(Cl)cc1I. The molecule has 70 valence electrons. The average Bonchev–Trinajstić information content (AvgIpc) is 2.02. The van der Waals surface area contributed by atoms with E-state index in [1.807, 2.05) is 22.6 Å². The number of methoxy groups -OCH3 is 1. The Morgan fingerprint density at radius 1 is 1.46 bits per heavy atom. The third-order valence-electron chi connectivity index (χ3n) is 1.40. The van der Waals surface area contributed by atoms with Crippen LogP contribution >= 0.6 is 45.8 Å². The van der Waals surface area contributed by atoms with Gasteiger partial charge in [0.25, 0.3) is 0 Å². The predicted molar refractivity (Wildman–Crippen MR) is 60.5 cm³/mol. The largest absolute Gasteiger partial charge is 0.465 e. The Morgan fingerprint density at radius 2 is 2.08 bits per heavy atom. The molecule has 0 N–H and O–H groups in total. The zero-order valence-corrected chi connectivity index (χ0v) is 10.3. The van der Waals surface area contributed by atoms with Gasteiger partial charge in [0.05, 0.1) is 17.7 Å². The minimum atomic E-state index is -0.453. The molecule has 2 nitrogen and oxygen atoms in total. The molecule has 0 fully saturated rings. The Balaban J connectivity index is 3.28. The molecule has 0 saturated carbocycles. The maximum absolute atomic E-state index is 11.2. The maximum atomic E-state index is 11.2. The fourth-order valence-electron chi connectivity index (χ4n) is 0.839. The van der Waals surface area contributed by atoms with E-state index >= 15 is 0 Å². The summed E-state index contributed by atoms with van der Waals surface area (Å²) in [5, 5.41) is 0.811. The van der Waals surface area contributed by atoms with Crippen molar-refractivity contribution in [3.8, 4) is 0 Å². The number of esters is 1. The van der Waals surface area contributed by atoms with Crippen LogP contribution < -0.4 is 0 Å². The first-order valence-corrected chi connectivity index (χ1v) is 5.12. The smallest absolute Gasteiger partial charge is 0.340 e. The van der Waals surface area contributed by atoms with Gasteiger partial charge in [-0.05, 0) is 34.7 Å². The van der Waals surface area contributed by atoms with Crippen molar-refractivity contribution in [3.05, 3.63) is 31.3 Å². The molecule has 1 rings (SSSR count). The number of hydrogen-bond donors (Lipinski definition) is 0. The molecule has 0 bridgehead atoms. The van der Waals surface area contributed by atoms with E-state index in [4.69, 9.17) is 23.2 Å². The molecule has 0 amide bonds. The lowest BCUT2D eigenvalue weighted by Crippen LogP contribution is -2.04. The van der Waals surface area contributed by atoms with Gasteiger partial charge in [0.15, 0.2) is 0 Å². The molecular weight excluding hydrogens is 326 g/mol. The summed E-state index contributed by atoms with van der Waals surface area (Å²) in [6.07, 6.45) is 0. The van der Waals surface area contributed by atoms with Crippen molar-refractivity contribution in [1.82, 2.24) is 0 Å². The van der Waals surface area contributed by atoms with E-state index in [9.17, 15) is 4.79 Å². The van der Waals surface area contributed by atoms with Gasteiger partial charge in [-0.15, -0.1) is 0 Å². The van der Waals surface area contributed by atoms with Crippen LogP contribution in [0, 0.1) is 3.57 Å². The van der Waals surface area contributed by atoms with Crippen LogP contribution in [0.4, 0.5) is 0 Å². The average molecular weight is 331 g/mol. The van der Waals surface area contributed by atoms with Gasteiger partial charge in [0, 0.05) is 8.59 Å². The van der Waals surface area contributed by atoms with Crippen LogP contribution in [0.25, 0.3) is 0 Å². The maximum Gasteiger partial charge on any atom is 0.340 e. The number of rotatable bonds is 1. The second kappa shape index (κ2) is 4.48. The molecule has 0 aromatic heterocycles. The van der Waals surface area contributed by atoms with Crippen molar-refractivity contribution < 1.29 is 9.53 Å². The van der Waals surface area contributed by atoms with Gasteiger partial charge >= 0.3 is 5.97 Å². The van der Waals surface area contributed by atoms with E-state index in [0.717, 1.165) is 0 Å². The highest BCUT2D eigenvalue weighted by Gasteiger charge is 2.15. The van der Waals surface area contributed by atoms with Crippen molar-refractivity contribution in [2.75, 3.05) is 7.11 Å². The molecule has 0 radical (unpaired) electrons. The molecule has 0 unspecified atom stereocenters. The fourth-order valence-corrected chi connectivity index (χ4v) is 2.60. The normalized spacial score (nSPS) is 9.85. The first-order chi connectivity index (χ1) is 6.06. The molecule has 0 heterocycles. The number of carbonyl (C=O) groups is 1. The molecule has 0 aliphatic heterocycles. The standard InChI is InChI=1S/C8H5Cl2IO2/c1-13-8(12)7-5(10)2-4(9)3-6(7)11/h2-3H,1H3. The van der Waals surface area contributed by atoms with Gasteiger partial charge in [-0.1, -0.05) is 23.2 Å². The zero-order valence-electron chi connectivity index (χ0n) is 6.61. The third kappa shape index (κ3) is 2.48. The van der Waals surface area contributed by atoms with Gasteiger partial charge in [0.2, 0.25) is 0 Å². The van der Waals surface area contributed by atoms with Gasteiger partial charge in [0.1, 0.15) is 0 Å². The Morgan fingerprint density at radius 3 is 2.54 bits per heavy atom. The summed E-state index contributed by atoms with van der Waals surface area (Å²) >= 11 is 13.5. The molecule has 5 heteroatoms. The van der Waals surface area contributed by atoms with E-state index in [2.05, 4.69) is 4.74 Å². The first-order valence-electron chi connectivity index (χ1n) is 3.29. The van der Waals surface area contributed by atoms with Crippen molar-refractivity contribution in [1.29, 1.82) is 0 Å². The second-order valence-electron chi connectivity index (χ2n) is 2.24. The molecule has 1 aromatic rings. The third-order valence-corrected chi connectivity index (χ3v) is 2.76. The monoisotopic (exact) mass is 330 g/mol. The first kappa shape index (κ1) is 11.1. The Kier molecular flexibility index (Phi) is 3.82. The summed E-state index contributed by atoms with van der Waals surface area (Å²) < 4.78 is 5.25. The van der Waals surface area contributed by atoms with Crippen LogP contribution in [0.15, 0.2) is 12.1 Å². The minimum absolute atomic E-state index is 0.309. The summed E-state index contributed by atoms with van der Waals surface area (Å²) in [5.41, 5.74) is 0.356. The van der Waals surface area contributed by atoms with Gasteiger partial charge in [-0.3, -0.25) is 0 Å². The number of ether oxygens (including phenoxy) is 1. The number of hydrogen-bond acceptors (Lipinski definition) is 2. The number of benzene rings is 1. The minimum Gasteiger partial charge on any atom is -0.465 e. The second-order valence-corrected chi connectivity index (χ2v) is 4.24. The van der Waals surface area contributed by atoms with Crippen LogP contribution in [0.1, 0.15) is 10.4 Å². The lowest BCUT2D eigenvalue weighted by molar-refractivity contribution is 0.0600. The van der Waals surface area contributed by atoms with E-state index < -0.39 is 5.97 Å². The molecule has 0 aliphatic carbocycles. The summed E-state index contributed by atoms with van der Waals surface area (Å²) in [6, 6.07) is 3.16. The highest BCUT2D eigenvalue weighted by atomic mass is 127. The molecule has 13 heavy (non-hydrogen) atoms. The van der Waals surface area contributed by atoms with Crippen LogP contribution in [0.5, 0.6) is 0 Å². The Labute approximate surface area is 99.3 Å². The summed E-state index contributed by atoms with van der Waals surface area (Å²) in [5.74, 6) is -0.453. The van der Waals surface area contributed by atoms with Crippen LogP contribution in [0.2, 0.25) is 10.0 Å². The van der Waals surface area contributed by atoms with Crippen molar-refractivity contribution >= 4 is 51.8 Å². The van der Waals surface area contributed by atoms with E-state index in [0.29, 0.717) is 19.2 Å². The van der Waals surface area contributed by atoms with Crippen molar-refractivity contribution in [2.24, 2.45) is 0 Å². The molecule has 0 spiro atoms. The molecule has 1 aromatic carbocycles. The molecule has 0 saturated heterocycles. The van der Waals surface area contributed by atoms with E-state index in [-0.39, 0.29) is 0 Å². The Bertz CT molecular complexity index is 329. The topological polar surface area (TPSA) is 26.3 Å². The Hall–Kier alpha value is -0.000000000000000111.